The maximum atomic E-state index is 0. The Labute approximate surface area is 68.1 Å². The van der Waals surface area contributed by atoms with Crippen molar-refractivity contribution in [3.8, 4) is 0 Å². The molecular formula is O3RuY. The molecule has 0 aromatic heterocycles. The first kappa shape index (κ1) is 80.4. The summed E-state index contributed by atoms with van der Waals surface area (Å²) >= 11 is 0. The van der Waals surface area contributed by atoms with Gasteiger partial charge < -0.3 is 16.4 Å². The van der Waals surface area contributed by atoms with Gasteiger partial charge in [-0.3, -0.25) is 0 Å². The fraction of sp³-hybridized carbons (Fsp3) is 0. The predicted molar refractivity (Wildman–Crippen MR) is 2.06 cm³/mol. The van der Waals surface area contributed by atoms with Crippen LogP contribution in [0.2, 0.25) is 0 Å². The van der Waals surface area contributed by atoms with Gasteiger partial charge in [0.25, 0.3) is 0 Å². The zero-order valence-corrected chi connectivity index (χ0v) is 6.73. The van der Waals surface area contributed by atoms with Crippen LogP contribution in [0.15, 0.2) is 0 Å². The van der Waals surface area contributed by atoms with Gasteiger partial charge in [-0.05, 0) is 0 Å². The van der Waals surface area contributed by atoms with Crippen LogP contribution in [0.3, 0.4) is 0 Å². The topological polar surface area (TPSA) is 85.5 Å². The fourth-order valence-corrected chi connectivity index (χ4v) is 0. The van der Waals surface area contributed by atoms with Gasteiger partial charge in [0.15, 0.2) is 0 Å². The second kappa shape index (κ2) is 46.1. The largest absolute Gasteiger partial charge is 3.00 e. The Morgan fingerprint density at radius 3 is 0.600 bits per heavy atom. The second-order valence-corrected chi connectivity index (χ2v) is 0. The Balaban J connectivity index is 0. The molecule has 0 aliphatic heterocycles. The van der Waals surface area contributed by atoms with Crippen molar-refractivity contribution in [2.45, 2.75) is 0 Å². The van der Waals surface area contributed by atoms with Crippen molar-refractivity contribution >= 4 is 0 Å². The minimum Gasteiger partial charge on any atom is -2.00 e. The smallest absolute Gasteiger partial charge is 2.00 e. The number of rotatable bonds is 0. The van der Waals surface area contributed by atoms with Crippen LogP contribution < -0.4 is 0 Å². The second-order valence-electron chi connectivity index (χ2n) is 0. The van der Waals surface area contributed by atoms with Gasteiger partial charge in [-0.15, -0.1) is 0 Å². The van der Waals surface area contributed by atoms with Crippen LogP contribution in [0.1, 0.15) is 0 Å². The molecule has 0 aromatic carbocycles. The third kappa shape index (κ3) is 28.2. The van der Waals surface area contributed by atoms with Crippen LogP contribution in [-0.4, -0.2) is 0 Å². The van der Waals surface area contributed by atoms with Crippen LogP contribution >= 0.6 is 0 Å². The molecule has 29 valence electrons. The van der Waals surface area contributed by atoms with Gasteiger partial charge in [0.05, 0.1) is 0 Å². The maximum absolute atomic E-state index is 0. The van der Waals surface area contributed by atoms with Crippen LogP contribution in [0.25, 0.3) is 0 Å². The Morgan fingerprint density at radius 2 is 0.600 bits per heavy atom. The summed E-state index contributed by atoms with van der Waals surface area (Å²) in [6, 6.07) is 0. The summed E-state index contributed by atoms with van der Waals surface area (Å²) in [5.41, 5.74) is 0. The van der Waals surface area contributed by atoms with Crippen molar-refractivity contribution in [2.75, 3.05) is 0 Å². The van der Waals surface area contributed by atoms with E-state index in [4.69, 9.17) is 0 Å². The van der Waals surface area contributed by atoms with E-state index in [1.54, 1.807) is 0 Å². The first-order valence-corrected chi connectivity index (χ1v) is 0. The van der Waals surface area contributed by atoms with Crippen molar-refractivity contribution in [1.29, 1.82) is 0 Å². The third-order valence-electron chi connectivity index (χ3n) is 0. The van der Waals surface area contributed by atoms with Gasteiger partial charge >= 0.3 is 52.2 Å². The van der Waals surface area contributed by atoms with Crippen molar-refractivity contribution in [1.82, 2.24) is 0 Å². The first-order chi connectivity index (χ1) is 0. The minimum atomic E-state index is 0. The van der Waals surface area contributed by atoms with E-state index in [0.29, 0.717) is 0 Å². The predicted octanol–water partition coefficient (Wildman–Crippen LogP) is -0.361. The summed E-state index contributed by atoms with van der Waals surface area (Å²) in [6.45, 7) is 0. The van der Waals surface area contributed by atoms with E-state index in [0.717, 1.165) is 0 Å². The molecule has 0 amide bonds. The fourth-order valence-electron chi connectivity index (χ4n) is 0. The molecule has 0 fully saturated rings. The van der Waals surface area contributed by atoms with Gasteiger partial charge in [-0.2, -0.15) is 0 Å². The number of hydrogen-bond acceptors (Lipinski definition) is 0. The first-order valence-electron chi connectivity index (χ1n) is 0. The molecule has 0 atom stereocenters. The molecule has 0 aliphatic rings. The summed E-state index contributed by atoms with van der Waals surface area (Å²) in [5, 5.41) is 0. The van der Waals surface area contributed by atoms with Crippen LogP contribution in [0, 0.1) is 0 Å². The van der Waals surface area contributed by atoms with Gasteiger partial charge in [0.1, 0.15) is 0 Å². The molecule has 0 heterocycles. The average molecular weight is 238 g/mol. The minimum absolute atomic E-state index is 0. The molecule has 0 saturated heterocycles. The molecule has 3 nitrogen and oxygen atoms in total. The Hall–Kier alpha value is 1.61. The van der Waals surface area contributed by atoms with E-state index in [1.165, 1.54) is 0 Å². The molecule has 0 N–H and O–H groups in total. The molecule has 0 aliphatic carbocycles. The molecule has 0 rings (SSSR count). The van der Waals surface area contributed by atoms with Gasteiger partial charge in [0, 0.05) is 0 Å². The van der Waals surface area contributed by atoms with E-state index in [1.807, 2.05) is 0 Å². The number of hydrogen-bond donors (Lipinski definition) is 0. The molecule has 5 heavy (non-hydrogen) atoms. The molecule has 0 aromatic rings. The quantitative estimate of drug-likeness (QED) is 0.516. The molecular weight excluding hydrogens is 238 g/mol. The summed E-state index contributed by atoms with van der Waals surface area (Å²) in [4.78, 5) is 0. The van der Waals surface area contributed by atoms with E-state index in [9.17, 15) is 0 Å². The normalized spacial score (nSPS) is 0. The van der Waals surface area contributed by atoms with Crippen LogP contribution in [0.4, 0.5) is 0 Å². The van der Waals surface area contributed by atoms with E-state index in [2.05, 4.69) is 0 Å². The van der Waals surface area contributed by atoms with Crippen LogP contribution in [-0.2, 0) is 68.6 Å². The molecule has 0 unspecified atom stereocenters. The Bertz CT molecular complexity index is 6.85. The Morgan fingerprint density at radius 1 is 0.600 bits per heavy atom. The van der Waals surface area contributed by atoms with Gasteiger partial charge in [-0.1, -0.05) is 0 Å². The standard InChI is InChI=1S/3O.Ru.Y/q3*-2;2*+3. The van der Waals surface area contributed by atoms with Crippen molar-refractivity contribution in [2.24, 2.45) is 0 Å². The van der Waals surface area contributed by atoms with Crippen molar-refractivity contribution in [3.63, 3.8) is 0 Å². The van der Waals surface area contributed by atoms with Gasteiger partial charge in [-0.25, -0.2) is 0 Å². The summed E-state index contributed by atoms with van der Waals surface area (Å²) < 4.78 is 0. The monoisotopic (exact) mass is 239 g/mol. The van der Waals surface area contributed by atoms with Crippen LogP contribution in [0.5, 0.6) is 0 Å². The Kier molecular flexibility index (Phi) is 741. The zero-order chi connectivity index (χ0) is 0. The zero-order valence-electron chi connectivity index (χ0n) is 2.16. The molecule has 0 bridgehead atoms. The van der Waals surface area contributed by atoms with E-state index in [-0.39, 0.29) is 68.6 Å². The molecule has 1 radical (unpaired) electrons. The summed E-state index contributed by atoms with van der Waals surface area (Å²) in [5.74, 6) is 0. The van der Waals surface area contributed by atoms with E-state index < -0.39 is 0 Å². The third-order valence-corrected chi connectivity index (χ3v) is 0. The average Bonchev–Trinajstić information content (AvgIpc) is 0. The molecule has 0 spiro atoms. The SMILES string of the molecule is [O-2].[O-2].[O-2].[Ru+3].[Y+3]. The molecule has 5 heteroatoms. The van der Waals surface area contributed by atoms with Crippen molar-refractivity contribution in [3.05, 3.63) is 0 Å². The van der Waals surface area contributed by atoms with Gasteiger partial charge in [0.2, 0.25) is 0 Å². The summed E-state index contributed by atoms with van der Waals surface area (Å²) in [6.07, 6.45) is 0. The van der Waals surface area contributed by atoms with E-state index >= 15 is 0 Å². The van der Waals surface area contributed by atoms with Crippen molar-refractivity contribution < 1.29 is 68.6 Å². The molecule has 0 saturated carbocycles. The summed E-state index contributed by atoms with van der Waals surface area (Å²) in [7, 11) is 0. The maximum Gasteiger partial charge on any atom is 3.00 e.